The molecule has 2 N–H and O–H groups in total. The molecule has 1 amide bonds. The van der Waals surface area contributed by atoms with Crippen molar-refractivity contribution >= 4 is 33.4 Å². The number of halogens is 1. The summed E-state index contributed by atoms with van der Waals surface area (Å²) in [5, 5.41) is 21.4. The first kappa shape index (κ1) is 24.8. The van der Waals surface area contributed by atoms with Crippen LogP contribution in [0.15, 0.2) is 52.5 Å². The number of phenolic OH excluding ortho intramolecular Hbond substituents is 1. The van der Waals surface area contributed by atoms with E-state index in [-0.39, 0.29) is 16.9 Å². The van der Waals surface area contributed by atoms with Gasteiger partial charge >= 0.3 is 0 Å². The fraction of sp³-hybridized carbons (Fsp3) is 0.360. The van der Waals surface area contributed by atoms with Crippen molar-refractivity contribution in [1.29, 1.82) is 0 Å². The van der Waals surface area contributed by atoms with Crippen molar-refractivity contribution in [2.75, 3.05) is 33.3 Å². The molecule has 0 bridgehead atoms. The quantitative estimate of drug-likeness (QED) is 0.293. The number of methoxy groups -OCH3 is 1. The number of likely N-dealkylation sites (tertiary alicyclic amines) is 1. The van der Waals surface area contributed by atoms with E-state index in [1.54, 1.807) is 37.4 Å². The molecule has 0 aromatic heterocycles. The average molecular weight is 517 g/mol. The normalized spacial score (nSPS) is 17.7. The Labute approximate surface area is 202 Å². The number of rotatable bonds is 9. The summed E-state index contributed by atoms with van der Waals surface area (Å²) >= 11 is 3.32. The SMILES string of the molecule is CCN(CC)CCCN1C(=O)C(=O)C(=C(O)c2cc(Br)ccc2O)[C@@H]1c1ccc(OC)cc1. The van der Waals surface area contributed by atoms with Gasteiger partial charge in [-0.15, -0.1) is 0 Å². The Morgan fingerprint density at radius 1 is 1.12 bits per heavy atom. The predicted molar refractivity (Wildman–Crippen MR) is 130 cm³/mol. The van der Waals surface area contributed by atoms with Crippen LogP contribution in [0.1, 0.15) is 37.4 Å². The van der Waals surface area contributed by atoms with Crippen molar-refractivity contribution < 1.29 is 24.5 Å². The molecule has 0 saturated carbocycles. The van der Waals surface area contributed by atoms with Gasteiger partial charge in [0.15, 0.2) is 0 Å². The molecule has 1 aliphatic rings. The summed E-state index contributed by atoms with van der Waals surface area (Å²) in [6.45, 7) is 7.12. The largest absolute Gasteiger partial charge is 0.507 e. The lowest BCUT2D eigenvalue weighted by Gasteiger charge is -2.27. The topological polar surface area (TPSA) is 90.3 Å². The van der Waals surface area contributed by atoms with Crippen LogP contribution in [0.25, 0.3) is 5.76 Å². The molecular weight excluding hydrogens is 488 g/mol. The zero-order chi connectivity index (χ0) is 24.1. The Kier molecular flexibility index (Phi) is 8.15. The van der Waals surface area contributed by atoms with Gasteiger partial charge in [-0.25, -0.2) is 0 Å². The van der Waals surface area contributed by atoms with Gasteiger partial charge in [0.05, 0.1) is 24.3 Å². The number of benzene rings is 2. The molecule has 2 aromatic carbocycles. The number of aliphatic hydroxyl groups is 1. The fourth-order valence-corrected chi connectivity index (χ4v) is 4.45. The molecule has 1 fully saturated rings. The molecule has 3 rings (SSSR count). The van der Waals surface area contributed by atoms with E-state index >= 15 is 0 Å². The molecule has 1 atom stereocenters. The highest BCUT2D eigenvalue weighted by atomic mass is 79.9. The molecule has 33 heavy (non-hydrogen) atoms. The molecule has 0 aliphatic carbocycles. The first-order chi connectivity index (χ1) is 15.8. The second kappa shape index (κ2) is 10.9. The summed E-state index contributed by atoms with van der Waals surface area (Å²) in [4.78, 5) is 29.9. The minimum atomic E-state index is -0.772. The van der Waals surface area contributed by atoms with Crippen LogP contribution in [0.5, 0.6) is 11.5 Å². The van der Waals surface area contributed by atoms with Gasteiger partial charge in [-0.3, -0.25) is 9.59 Å². The number of nitrogens with zero attached hydrogens (tertiary/aromatic N) is 2. The number of hydrogen-bond donors (Lipinski definition) is 2. The van der Waals surface area contributed by atoms with Gasteiger partial charge in [-0.2, -0.15) is 0 Å². The molecule has 8 heteroatoms. The van der Waals surface area contributed by atoms with E-state index in [1.165, 1.54) is 17.0 Å². The zero-order valence-electron chi connectivity index (χ0n) is 19.0. The maximum atomic E-state index is 13.1. The monoisotopic (exact) mass is 516 g/mol. The van der Waals surface area contributed by atoms with Crippen LogP contribution in [0.4, 0.5) is 0 Å². The van der Waals surface area contributed by atoms with E-state index in [2.05, 4.69) is 34.7 Å². The molecule has 7 nitrogen and oxygen atoms in total. The van der Waals surface area contributed by atoms with Crippen LogP contribution in [0.3, 0.4) is 0 Å². The highest BCUT2D eigenvalue weighted by Gasteiger charge is 2.46. The number of ether oxygens (including phenoxy) is 1. The number of carbonyl (C=O) groups is 2. The summed E-state index contributed by atoms with van der Waals surface area (Å²) in [6.07, 6.45) is 0.684. The molecule has 0 spiro atoms. The summed E-state index contributed by atoms with van der Waals surface area (Å²) in [6, 6.07) is 10.8. The number of hydrogen-bond acceptors (Lipinski definition) is 6. The Bertz CT molecular complexity index is 1050. The van der Waals surface area contributed by atoms with E-state index in [0.717, 1.165) is 19.6 Å². The van der Waals surface area contributed by atoms with Crippen molar-refractivity contribution in [2.45, 2.75) is 26.3 Å². The molecule has 0 radical (unpaired) electrons. The summed E-state index contributed by atoms with van der Waals surface area (Å²) < 4.78 is 5.86. The number of Topliss-reactive ketones (excluding diaryl/α,β-unsaturated/α-hetero) is 1. The summed E-state index contributed by atoms with van der Waals surface area (Å²) in [5.74, 6) is -1.38. The fourth-order valence-electron chi connectivity index (χ4n) is 4.09. The van der Waals surface area contributed by atoms with Gasteiger partial charge in [0, 0.05) is 11.0 Å². The molecule has 1 aliphatic heterocycles. The lowest BCUT2D eigenvalue weighted by atomic mass is 9.95. The van der Waals surface area contributed by atoms with Gasteiger partial charge < -0.3 is 24.7 Å². The van der Waals surface area contributed by atoms with Crippen molar-refractivity contribution in [2.24, 2.45) is 0 Å². The number of aliphatic hydroxyl groups excluding tert-OH is 1. The van der Waals surface area contributed by atoms with Crippen LogP contribution >= 0.6 is 15.9 Å². The van der Waals surface area contributed by atoms with E-state index in [1.807, 2.05) is 0 Å². The molecule has 176 valence electrons. The minimum Gasteiger partial charge on any atom is -0.507 e. The molecule has 1 heterocycles. The van der Waals surface area contributed by atoms with Gasteiger partial charge in [0.2, 0.25) is 0 Å². The van der Waals surface area contributed by atoms with Crippen molar-refractivity contribution in [3.63, 3.8) is 0 Å². The van der Waals surface area contributed by atoms with E-state index in [0.29, 0.717) is 28.8 Å². The van der Waals surface area contributed by atoms with Gasteiger partial charge in [-0.05, 0) is 62.0 Å². The van der Waals surface area contributed by atoms with E-state index in [9.17, 15) is 19.8 Å². The Morgan fingerprint density at radius 2 is 1.79 bits per heavy atom. The number of carbonyl (C=O) groups excluding carboxylic acids is 2. The van der Waals surface area contributed by atoms with Crippen LogP contribution < -0.4 is 4.74 Å². The van der Waals surface area contributed by atoms with E-state index in [4.69, 9.17) is 4.74 Å². The van der Waals surface area contributed by atoms with Crippen molar-refractivity contribution in [1.82, 2.24) is 9.80 Å². The van der Waals surface area contributed by atoms with Gasteiger partial charge in [0.25, 0.3) is 11.7 Å². The first-order valence-electron chi connectivity index (χ1n) is 11.0. The van der Waals surface area contributed by atoms with Gasteiger partial charge in [-0.1, -0.05) is 41.9 Å². The Morgan fingerprint density at radius 3 is 2.39 bits per heavy atom. The second-order valence-electron chi connectivity index (χ2n) is 7.81. The average Bonchev–Trinajstić information content (AvgIpc) is 3.08. The minimum absolute atomic E-state index is 0.0404. The first-order valence-corrected chi connectivity index (χ1v) is 11.7. The number of phenols is 1. The van der Waals surface area contributed by atoms with Crippen molar-refractivity contribution in [3.8, 4) is 11.5 Å². The second-order valence-corrected chi connectivity index (χ2v) is 8.72. The Balaban J connectivity index is 2.07. The van der Waals surface area contributed by atoms with Crippen LogP contribution in [0, 0.1) is 0 Å². The maximum Gasteiger partial charge on any atom is 0.295 e. The molecule has 1 saturated heterocycles. The molecular formula is C25H29BrN2O5. The third-order valence-electron chi connectivity index (χ3n) is 5.95. The lowest BCUT2D eigenvalue weighted by molar-refractivity contribution is -0.140. The van der Waals surface area contributed by atoms with Crippen LogP contribution in [0.2, 0.25) is 0 Å². The standard InChI is InChI=1S/C25H29BrN2O5/c1-4-27(5-2)13-6-14-28-22(16-7-10-18(33-3)11-8-16)21(24(31)25(28)32)23(30)19-15-17(26)9-12-20(19)29/h7-12,15,22,29-30H,4-6,13-14H2,1-3H3/t22-/m0/s1. The van der Waals surface area contributed by atoms with Crippen LogP contribution in [-0.2, 0) is 9.59 Å². The molecule has 0 unspecified atom stereocenters. The number of amides is 1. The third-order valence-corrected chi connectivity index (χ3v) is 6.45. The smallest absolute Gasteiger partial charge is 0.295 e. The maximum absolute atomic E-state index is 13.1. The predicted octanol–water partition coefficient (Wildman–Crippen LogP) is 4.32. The summed E-state index contributed by atoms with van der Waals surface area (Å²) in [7, 11) is 1.56. The Hall–Kier alpha value is -2.84. The highest BCUT2D eigenvalue weighted by Crippen LogP contribution is 2.41. The van der Waals surface area contributed by atoms with E-state index < -0.39 is 23.5 Å². The summed E-state index contributed by atoms with van der Waals surface area (Å²) in [5.41, 5.74) is 0.722. The third kappa shape index (κ3) is 5.23. The molecule has 2 aromatic rings. The number of aromatic hydroxyl groups is 1. The lowest BCUT2D eigenvalue weighted by Crippen LogP contribution is -2.33. The van der Waals surface area contributed by atoms with Crippen molar-refractivity contribution in [3.05, 3.63) is 63.6 Å². The van der Waals surface area contributed by atoms with Gasteiger partial charge in [0.1, 0.15) is 17.3 Å². The zero-order valence-corrected chi connectivity index (χ0v) is 20.6. The highest BCUT2D eigenvalue weighted by molar-refractivity contribution is 9.10. The number of ketones is 1. The van der Waals surface area contributed by atoms with Crippen LogP contribution in [-0.4, -0.2) is 65.0 Å².